The van der Waals surface area contributed by atoms with E-state index in [9.17, 15) is 22.0 Å². The van der Waals surface area contributed by atoms with Crippen LogP contribution in [0.3, 0.4) is 0 Å². The van der Waals surface area contributed by atoms with Gasteiger partial charge in [0, 0.05) is 0 Å². The third-order valence-electron chi connectivity index (χ3n) is 1.75. The number of sulfone groups is 1. The number of rotatable bonds is 5. The number of alkyl halides is 2. The molecule has 0 atom stereocenters. The minimum atomic E-state index is -4.63. The number of carboxylic acids is 1. The minimum Gasteiger partial charge on any atom is -0.482 e. The van der Waals surface area contributed by atoms with Crippen molar-refractivity contribution >= 4 is 15.8 Å². The summed E-state index contributed by atoms with van der Waals surface area (Å²) < 4.78 is 51.1. The van der Waals surface area contributed by atoms with E-state index in [0.717, 1.165) is 24.3 Å². The van der Waals surface area contributed by atoms with Crippen molar-refractivity contribution in [2.75, 3.05) is 6.61 Å². The monoisotopic (exact) mass is 266 g/mol. The van der Waals surface area contributed by atoms with E-state index in [4.69, 9.17) is 9.84 Å². The normalized spacial score (nSPS) is 11.5. The van der Waals surface area contributed by atoms with Crippen LogP contribution in [0.4, 0.5) is 8.78 Å². The lowest BCUT2D eigenvalue weighted by molar-refractivity contribution is -0.139. The molecule has 0 aliphatic rings. The summed E-state index contributed by atoms with van der Waals surface area (Å²) in [6.45, 7) is -0.596. The smallest absolute Gasteiger partial charge is 0.341 e. The standard InChI is InChI=1S/C9H8F2O5S/c10-9(11)17(14,15)7-3-1-6(2-4-7)16-5-8(12)13/h1-4,9H,5H2,(H,12,13). The molecule has 0 bridgehead atoms. The number of aliphatic carboxylic acids is 1. The molecule has 8 heteroatoms. The molecule has 0 saturated heterocycles. The molecule has 5 nitrogen and oxygen atoms in total. The van der Waals surface area contributed by atoms with Crippen LogP contribution in [-0.2, 0) is 14.6 Å². The van der Waals surface area contributed by atoms with Crippen LogP contribution in [0.25, 0.3) is 0 Å². The second-order valence-electron chi connectivity index (χ2n) is 2.96. The summed E-state index contributed by atoms with van der Waals surface area (Å²) in [4.78, 5) is 9.62. The number of halogens is 2. The summed E-state index contributed by atoms with van der Waals surface area (Å²) in [5.74, 6) is -4.61. The fraction of sp³-hybridized carbons (Fsp3) is 0.222. The molecule has 1 aromatic rings. The Hall–Kier alpha value is -1.70. The topological polar surface area (TPSA) is 80.7 Å². The van der Waals surface area contributed by atoms with Gasteiger partial charge in [0.1, 0.15) is 5.75 Å². The second kappa shape index (κ2) is 5.09. The van der Waals surface area contributed by atoms with E-state index in [1.165, 1.54) is 0 Å². The Labute approximate surface area is 95.6 Å². The molecule has 17 heavy (non-hydrogen) atoms. The summed E-state index contributed by atoms with van der Waals surface area (Å²) in [5.41, 5.74) is 0. The predicted molar refractivity (Wildman–Crippen MR) is 52.8 cm³/mol. The Morgan fingerprint density at radius 1 is 1.29 bits per heavy atom. The van der Waals surface area contributed by atoms with E-state index in [2.05, 4.69) is 0 Å². The van der Waals surface area contributed by atoms with Gasteiger partial charge in [-0.1, -0.05) is 0 Å². The van der Waals surface area contributed by atoms with Gasteiger partial charge in [0.25, 0.3) is 0 Å². The minimum absolute atomic E-state index is 0.0839. The van der Waals surface area contributed by atoms with Gasteiger partial charge < -0.3 is 9.84 Å². The molecular weight excluding hydrogens is 258 g/mol. The molecule has 1 aromatic carbocycles. The van der Waals surface area contributed by atoms with Crippen molar-refractivity contribution in [3.63, 3.8) is 0 Å². The lowest BCUT2D eigenvalue weighted by Crippen LogP contribution is -2.12. The van der Waals surface area contributed by atoms with Crippen molar-refractivity contribution in [2.45, 2.75) is 10.7 Å². The van der Waals surface area contributed by atoms with E-state index in [-0.39, 0.29) is 5.75 Å². The average molecular weight is 266 g/mol. The number of carboxylic acid groups (broad SMARTS) is 1. The van der Waals surface area contributed by atoms with Gasteiger partial charge in [-0.3, -0.25) is 0 Å². The first-order valence-electron chi connectivity index (χ1n) is 4.31. The van der Waals surface area contributed by atoms with Crippen LogP contribution in [0, 0.1) is 0 Å². The van der Waals surface area contributed by atoms with Gasteiger partial charge in [0.15, 0.2) is 6.61 Å². The van der Waals surface area contributed by atoms with E-state index >= 15 is 0 Å². The Morgan fingerprint density at radius 2 is 1.82 bits per heavy atom. The van der Waals surface area contributed by atoms with E-state index in [1.54, 1.807) is 0 Å². The van der Waals surface area contributed by atoms with Crippen molar-refractivity contribution in [3.8, 4) is 5.75 Å². The average Bonchev–Trinajstić information content (AvgIpc) is 2.26. The number of hydrogen-bond acceptors (Lipinski definition) is 4. The highest BCUT2D eigenvalue weighted by Gasteiger charge is 2.26. The first-order valence-corrected chi connectivity index (χ1v) is 5.85. The second-order valence-corrected chi connectivity index (χ2v) is 4.88. The highest BCUT2D eigenvalue weighted by atomic mass is 32.2. The van der Waals surface area contributed by atoms with Crippen molar-refractivity contribution < 1.29 is 31.8 Å². The zero-order chi connectivity index (χ0) is 13.1. The first-order chi connectivity index (χ1) is 7.84. The van der Waals surface area contributed by atoms with Crippen molar-refractivity contribution in [1.29, 1.82) is 0 Å². The van der Waals surface area contributed by atoms with E-state index in [0.29, 0.717) is 0 Å². The third kappa shape index (κ3) is 3.38. The van der Waals surface area contributed by atoms with Crippen LogP contribution in [0.1, 0.15) is 0 Å². The molecule has 0 saturated carbocycles. The molecule has 0 spiro atoms. The Bertz CT molecular complexity index is 495. The van der Waals surface area contributed by atoms with Gasteiger partial charge in [-0.25, -0.2) is 13.2 Å². The Balaban J connectivity index is 2.85. The third-order valence-corrected chi connectivity index (χ3v) is 3.15. The van der Waals surface area contributed by atoms with E-state index < -0.39 is 33.1 Å². The lowest BCUT2D eigenvalue weighted by atomic mass is 10.3. The maximum atomic E-state index is 12.2. The number of benzene rings is 1. The fourth-order valence-electron chi connectivity index (χ4n) is 0.973. The number of carbonyl (C=O) groups is 1. The fourth-order valence-corrected chi connectivity index (χ4v) is 1.69. The molecule has 0 radical (unpaired) electrons. The maximum Gasteiger partial charge on any atom is 0.341 e. The van der Waals surface area contributed by atoms with Crippen LogP contribution in [0.2, 0.25) is 0 Å². The zero-order valence-corrected chi connectivity index (χ0v) is 9.15. The van der Waals surface area contributed by atoms with Gasteiger partial charge in [-0.05, 0) is 24.3 Å². The summed E-state index contributed by atoms with van der Waals surface area (Å²) in [7, 11) is -4.63. The molecule has 1 rings (SSSR count). The molecule has 0 unspecified atom stereocenters. The van der Waals surface area contributed by atoms with Gasteiger partial charge in [0.2, 0.25) is 9.84 Å². The van der Waals surface area contributed by atoms with Crippen LogP contribution < -0.4 is 4.74 Å². The molecule has 0 heterocycles. The molecule has 0 amide bonds. The molecular formula is C9H8F2O5S. The van der Waals surface area contributed by atoms with Crippen LogP contribution in [0.5, 0.6) is 5.75 Å². The predicted octanol–water partition coefficient (Wildman–Crippen LogP) is 1.15. The highest BCUT2D eigenvalue weighted by Crippen LogP contribution is 2.21. The van der Waals surface area contributed by atoms with Crippen LogP contribution in [0.15, 0.2) is 29.2 Å². The Kier molecular flexibility index (Phi) is 4.00. The van der Waals surface area contributed by atoms with Gasteiger partial charge >= 0.3 is 11.7 Å². The van der Waals surface area contributed by atoms with Crippen molar-refractivity contribution in [3.05, 3.63) is 24.3 Å². The highest BCUT2D eigenvalue weighted by molar-refractivity contribution is 7.91. The molecule has 94 valence electrons. The molecule has 1 N–H and O–H groups in total. The quantitative estimate of drug-likeness (QED) is 0.864. The van der Waals surface area contributed by atoms with E-state index in [1.807, 2.05) is 0 Å². The van der Waals surface area contributed by atoms with Crippen molar-refractivity contribution in [2.24, 2.45) is 0 Å². The van der Waals surface area contributed by atoms with Crippen LogP contribution in [-0.4, -0.2) is 31.9 Å². The summed E-state index contributed by atoms with van der Waals surface area (Å²) in [5, 5.41) is 8.31. The SMILES string of the molecule is O=C(O)COc1ccc(S(=O)(=O)C(F)F)cc1. The Morgan fingerprint density at radius 3 is 2.24 bits per heavy atom. The summed E-state index contributed by atoms with van der Waals surface area (Å²) in [6.07, 6.45) is 0. The van der Waals surface area contributed by atoms with Crippen LogP contribution >= 0.6 is 0 Å². The number of hydrogen-bond donors (Lipinski definition) is 1. The molecule has 0 aliphatic carbocycles. The number of ether oxygens (including phenoxy) is 1. The zero-order valence-electron chi connectivity index (χ0n) is 8.34. The largest absolute Gasteiger partial charge is 0.482 e. The summed E-state index contributed by atoms with van der Waals surface area (Å²) in [6, 6.07) is 4.08. The maximum absolute atomic E-state index is 12.2. The first kappa shape index (κ1) is 13.4. The molecule has 0 fully saturated rings. The van der Waals surface area contributed by atoms with Gasteiger partial charge in [-0.2, -0.15) is 8.78 Å². The van der Waals surface area contributed by atoms with Crippen molar-refractivity contribution in [1.82, 2.24) is 0 Å². The van der Waals surface area contributed by atoms with Gasteiger partial charge in [0.05, 0.1) is 4.90 Å². The molecule has 0 aromatic heterocycles. The summed E-state index contributed by atoms with van der Waals surface area (Å²) >= 11 is 0. The lowest BCUT2D eigenvalue weighted by Gasteiger charge is -2.05. The van der Waals surface area contributed by atoms with Gasteiger partial charge in [-0.15, -0.1) is 0 Å². The molecule has 0 aliphatic heterocycles.